The molecule has 0 amide bonds. The highest BCUT2D eigenvalue weighted by atomic mass is 127. The number of ether oxygens (including phenoxy) is 1. The van der Waals surface area contributed by atoms with Crippen LogP contribution in [0.3, 0.4) is 0 Å². The smallest absolute Gasteiger partial charge is 0.122 e. The van der Waals surface area contributed by atoms with E-state index in [2.05, 4.69) is 47.2 Å². The Kier molecular flexibility index (Phi) is 8.55. The van der Waals surface area contributed by atoms with Crippen molar-refractivity contribution in [3.05, 3.63) is 51.0 Å². The molecule has 0 aliphatic heterocycles. The van der Waals surface area contributed by atoms with Crippen LogP contribution in [0.2, 0.25) is 0 Å². The molecule has 2 aliphatic rings. The number of methoxy groups -OCH3 is 1. The van der Waals surface area contributed by atoms with E-state index >= 15 is 0 Å². The van der Waals surface area contributed by atoms with Gasteiger partial charge in [-0.1, -0.05) is 40.5 Å². The van der Waals surface area contributed by atoms with Gasteiger partial charge in [-0.2, -0.15) is 0 Å². The van der Waals surface area contributed by atoms with Crippen LogP contribution in [-0.2, 0) is 6.42 Å². The normalized spacial score (nSPS) is 22.1. The van der Waals surface area contributed by atoms with Crippen LogP contribution in [0.15, 0.2) is 39.8 Å². The average Bonchev–Trinajstić information content (AvgIpc) is 3.03. The second kappa shape index (κ2) is 10.2. The first-order chi connectivity index (χ1) is 12.5. The van der Waals surface area contributed by atoms with E-state index in [4.69, 9.17) is 4.74 Å². The van der Waals surface area contributed by atoms with Crippen LogP contribution >= 0.6 is 30.1 Å². The maximum Gasteiger partial charge on any atom is 0.122 e. The summed E-state index contributed by atoms with van der Waals surface area (Å²) < 4.78 is 5.46. The van der Waals surface area contributed by atoms with Crippen LogP contribution in [0.5, 0.6) is 5.75 Å². The summed E-state index contributed by atoms with van der Waals surface area (Å²) in [4.78, 5) is 1.50. The van der Waals surface area contributed by atoms with E-state index in [1.54, 1.807) is 7.11 Å². The lowest BCUT2D eigenvalue weighted by atomic mass is 9.82. The van der Waals surface area contributed by atoms with Gasteiger partial charge >= 0.3 is 0 Å². The fourth-order valence-corrected chi connectivity index (χ4v) is 6.22. The number of benzene rings is 1. The van der Waals surface area contributed by atoms with Gasteiger partial charge in [-0.3, -0.25) is 0 Å². The lowest BCUT2D eigenvalue weighted by Gasteiger charge is -2.26. The molecule has 1 aromatic rings. The van der Waals surface area contributed by atoms with Gasteiger partial charge < -0.3 is 9.84 Å². The summed E-state index contributed by atoms with van der Waals surface area (Å²) in [5, 5.41) is 10.1. The maximum absolute atomic E-state index is 10.1. The predicted octanol–water partition coefficient (Wildman–Crippen LogP) is 6.79. The van der Waals surface area contributed by atoms with E-state index in [0.717, 1.165) is 37.9 Å². The Balaban J connectivity index is 0.00000117. The van der Waals surface area contributed by atoms with Crippen LogP contribution in [0, 0.1) is 12.8 Å². The van der Waals surface area contributed by atoms with Crippen molar-refractivity contribution in [1.82, 2.24) is 0 Å². The number of aliphatic hydroxyl groups excluding tert-OH is 1. The van der Waals surface area contributed by atoms with Crippen molar-refractivity contribution in [3.63, 3.8) is 0 Å². The van der Waals surface area contributed by atoms with Crippen molar-refractivity contribution in [1.29, 1.82) is 0 Å². The number of aryl methyl sites for hydroxylation is 1. The topological polar surface area (TPSA) is 29.5 Å². The fourth-order valence-electron chi connectivity index (χ4n) is 4.19. The molecule has 0 spiro atoms. The average molecular weight is 486 g/mol. The Morgan fingerprint density at radius 2 is 1.92 bits per heavy atom. The Morgan fingerprint density at radius 1 is 1.19 bits per heavy atom. The number of hydrogen-bond donors (Lipinski definition) is 1. The number of rotatable bonds is 5. The summed E-state index contributed by atoms with van der Waals surface area (Å²) in [7, 11) is 3.59. The molecule has 1 saturated carbocycles. The van der Waals surface area contributed by atoms with Crippen molar-refractivity contribution in [2.75, 3.05) is 7.11 Å². The van der Waals surface area contributed by atoms with Gasteiger partial charge in [-0.05, 0) is 85.1 Å². The van der Waals surface area contributed by atoms with Crippen molar-refractivity contribution in [2.24, 2.45) is 5.92 Å². The zero-order valence-electron chi connectivity index (χ0n) is 16.6. The van der Waals surface area contributed by atoms with E-state index in [0.29, 0.717) is 5.92 Å². The molecule has 1 aromatic carbocycles. The fraction of sp³-hybridized carbons (Fsp3) is 0.545. The second-order valence-electron chi connectivity index (χ2n) is 6.87. The third kappa shape index (κ3) is 4.68. The van der Waals surface area contributed by atoms with Gasteiger partial charge in [0.25, 0.3) is 0 Å². The van der Waals surface area contributed by atoms with Gasteiger partial charge in [0.1, 0.15) is 5.75 Å². The summed E-state index contributed by atoms with van der Waals surface area (Å²) in [6.45, 7) is 8.41. The van der Waals surface area contributed by atoms with Crippen LogP contribution in [0.1, 0.15) is 57.6 Å². The first-order valence-electron chi connectivity index (χ1n) is 9.56. The lowest BCUT2D eigenvalue weighted by Crippen LogP contribution is -2.10. The molecule has 2 aliphatic carbocycles. The van der Waals surface area contributed by atoms with Crippen LogP contribution in [0.4, 0.5) is 0 Å². The monoisotopic (exact) mass is 486 g/mol. The molecule has 1 fully saturated rings. The minimum absolute atomic E-state index is 0.148. The van der Waals surface area contributed by atoms with Crippen LogP contribution in [0.25, 0.3) is 0 Å². The Labute approximate surface area is 175 Å². The summed E-state index contributed by atoms with van der Waals surface area (Å²) >= 11 is 2.40. The van der Waals surface area contributed by atoms with E-state index in [9.17, 15) is 5.11 Å². The Hall–Kier alpha value is -0.460. The van der Waals surface area contributed by atoms with Gasteiger partial charge in [0.05, 0.1) is 13.2 Å². The SMILES string of the molecule is CC.COc1cccc(CCC2=C3CC(O)CC3CC(SI)=C2C)c1C. The molecule has 0 aromatic heterocycles. The molecule has 4 heteroatoms. The number of aliphatic hydroxyl groups is 1. The molecule has 2 nitrogen and oxygen atoms in total. The number of hydrogen-bond acceptors (Lipinski definition) is 3. The predicted molar refractivity (Wildman–Crippen MR) is 122 cm³/mol. The molecule has 0 heterocycles. The van der Waals surface area contributed by atoms with Crippen molar-refractivity contribution < 1.29 is 9.84 Å². The molecular weight excluding hydrogens is 455 g/mol. The molecule has 0 saturated heterocycles. The van der Waals surface area contributed by atoms with Crippen molar-refractivity contribution in [2.45, 2.75) is 65.9 Å². The highest BCUT2D eigenvalue weighted by Crippen LogP contribution is 2.49. The second-order valence-corrected chi connectivity index (χ2v) is 8.84. The number of allylic oxidation sites excluding steroid dienone is 3. The Morgan fingerprint density at radius 3 is 2.58 bits per heavy atom. The summed E-state index contributed by atoms with van der Waals surface area (Å²) in [6.07, 6.45) is 4.86. The van der Waals surface area contributed by atoms with Crippen LogP contribution < -0.4 is 4.74 Å². The van der Waals surface area contributed by atoms with Gasteiger partial charge in [0, 0.05) is 21.2 Å². The van der Waals surface area contributed by atoms with E-state index in [-0.39, 0.29) is 6.10 Å². The zero-order chi connectivity index (χ0) is 19.3. The first-order valence-corrected chi connectivity index (χ1v) is 12.9. The number of halogens is 1. The lowest BCUT2D eigenvalue weighted by molar-refractivity contribution is 0.179. The molecule has 1 N–H and O–H groups in total. The molecule has 0 bridgehead atoms. The highest BCUT2D eigenvalue weighted by molar-refractivity contribution is 14.2. The molecule has 0 radical (unpaired) electrons. The largest absolute Gasteiger partial charge is 0.496 e. The maximum atomic E-state index is 10.1. The minimum Gasteiger partial charge on any atom is -0.496 e. The third-order valence-corrected chi connectivity index (χ3v) is 7.80. The van der Waals surface area contributed by atoms with Crippen LogP contribution in [-0.4, -0.2) is 18.3 Å². The van der Waals surface area contributed by atoms with Gasteiger partial charge in [0.15, 0.2) is 0 Å². The van der Waals surface area contributed by atoms with Crippen molar-refractivity contribution in [3.8, 4) is 5.75 Å². The molecule has 144 valence electrons. The van der Waals surface area contributed by atoms with Gasteiger partial charge in [-0.25, -0.2) is 0 Å². The summed E-state index contributed by atoms with van der Waals surface area (Å²) in [5.41, 5.74) is 7.09. The quantitative estimate of drug-likeness (QED) is 0.465. The molecule has 2 atom stereocenters. The third-order valence-electron chi connectivity index (χ3n) is 5.55. The van der Waals surface area contributed by atoms with Gasteiger partial charge in [0.2, 0.25) is 0 Å². The number of fused-ring (bicyclic) bond motifs is 1. The Bertz CT molecular complexity index is 693. The molecular formula is C22H31IO2S. The minimum atomic E-state index is -0.148. The van der Waals surface area contributed by atoms with E-state index < -0.39 is 0 Å². The zero-order valence-corrected chi connectivity index (χ0v) is 19.5. The highest BCUT2D eigenvalue weighted by Gasteiger charge is 2.34. The first kappa shape index (κ1) is 21.8. The molecule has 2 unspecified atom stereocenters. The molecule has 3 rings (SSSR count). The summed E-state index contributed by atoms with van der Waals surface area (Å²) in [5.74, 6) is 1.53. The standard InChI is InChI=1S/C20H25IO2S.C2H6/c1-12-14(5-4-6-19(12)23-3)7-8-17-13(2)20(24-21)10-15-9-16(22)11-18(15)17;1-2/h4-6,15-16,22H,7-11H2,1-3H3;1-2H3. The van der Waals surface area contributed by atoms with E-state index in [1.165, 1.54) is 32.8 Å². The van der Waals surface area contributed by atoms with Crippen molar-refractivity contribution >= 4 is 30.1 Å². The summed E-state index contributed by atoms with van der Waals surface area (Å²) in [6, 6.07) is 6.32. The van der Waals surface area contributed by atoms with Gasteiger partial charge in [-0.15, -0.1) is 0 Å². The molecule has 26 heavy (non-hydrogen) atoms. The van der Waals surface area contributed by atoms with E-state index in [1.807, 2.05) is 28.8 Å².